The molecule has 0 amide bonds. The third-order valence-electron chi connectivity index (χ3n) is 10.7. The van der Waals surface area contributed by atoms with Gasteiger partial charge >= 0.3 is 0 Å². The summed E-state index contributed by atoms with van der Waals surface area (Å²) in [5.41, 5.74) is 3.11. The maximum Gasteiger partial charge on any atom is 0.294 e. The molecule has 5 nitrogen and oxygen atoms in total. The Morgan fingerprint density at radius 1 is 1.13 bits per heavy atom. The second kappa shape index (κ2) is 8.69. The number of aliphatic hydroxyl groups is 1. The Hall–Kier alpha value is -2.61. The summed E-state index contributed by atoms with van der Waals surface area (Å²) in [5, 5.41) is 11.8. The van der Waals surface area contributed by atoms with E-state index in [4.69, 9.17) is 9.47 Å². The van der Waals surface area contributed by atoms with Gasteiger partial charge in [0.25, 0.3) is 5.92 Å². The van der Waals surface area contributed by atoms with Gasteiger partial charge in [0.05, 0.1) is 19.5 Å². The Balaban J connectivity index is 1.36. The summed E-state index contributed by atoms with van der Waals surface area (Å²) >= 11 is 0. The number of alkyl halides is 2. The Bertz CT molecular complexity index is 1340. The van der Waals surface area contributed by atoms with Crippen LogP contribution in [0.25, 0.3) is 5.69 Å². The van der Waals surface area contributed by atoms with Crippen LogP contribution in [-0.4, -0.2) is 45.2 Å². The molecule has 2 heterocycles. The molecule has 1 aromatic heterocycles. The number of aromatic nitrogens is 2. The highest BCUT2D eigenvalue weighted by Gasteiger charge is 2.70. The molecule has 7 rings (SSSR count). The Labute approximate surface area is 228 Å². The number of hydrogen-bond acceptors (Lipinski definition) is 4. The molecule has 1 aliphatic heterocycles. The fourth-order valence-electron chi connectivity index (χ4n) is 8.79. The standard InChI is InChI=1S/C32H36F2N2O3/c1-3-32(33,34)31(37)13-11-27-25-9-6-22-18-30(38-16-17-39-30)12-10-24(22)28(25)26(19-29(27,31)2)21-4-7-23(8-5-21)36-15-14-35-20-36/h3-5,7-8,14-15,18,20,25-27,37H,1,6,9-13,16-17,19H2,2H3. The molecule has 1 saturated heterocycles. The number of benzene rings is 1. The summed E-state index contributed by atoms with van der Waals surface area (Å²) in [6.45, 7) is 6.55. The number of imidazole rings is 1. The first-order valence-corrected chi connectivity index (χ1v) is 14.3. The number of hydrogen-bond donors (Lipinski definition) is 1. The van der Waals surface area contributed by atoms with Crippen molar-refractivity contribution in [2.75, 3.05) is 13.2 Å². The summed E-state index contributed by atoms with van der Waals surface area (Å²) in [5.74, 6) is -3.88. The molecule has 7 heteroatoms. The molecule has 3 fully saturated rings. The number of nitrogens with zero attached hydrogens (tertiary/aromatic N) is 2. The van der Waals surface area contributed by atoms with Gasteiger partial charge in [-0.15, -0.1) is 0 Å². The molecular formula is C32H36F2N2O3. The van der Waals surface area contributed by atoms with E-state index in [0.29, 0.717) is 32.1 Å². The fraction of sp³-hybridized carbons (Fsp3) is 0.531. The Morgan fingerprint density at radius 3 is 2.59 bits per heavy atom. The van der Waals surface area contributed by atoms with Crippen LogP contribution < -0.4 is 0 Å². The van der Waals surface area contributed by atoms with Gasteiger partial charge in [0.1, 0.15) is 5.60 Å². The van der Waals surface area contributed by atoms with Crippen LogP contribution in [0.15, 0.2) is 78.4 Å². The van der Waals surface area contributed by atoms with Crippen LogP contribution in [0.2, 0.25) is 0 Å². The second-order valence-electron chi connectivity index (χ2n) is 12.3. The quantitative estimate of drug-likeness (QED) is 0.455. The van der Waals surface area contributed by atoms with E-state index in [2.05, 4.69) is 41.9 Å². The van der Waals surface area contributed by atoms with Crippen molar-refractivity contribution in [2.45, 2.75) is 75.1 Å². The van der Waals surface area contributed by atoms with Gasteiger partial charge in [0.2, 0.25) is 0 Å². The van der Waals surface area contributed by atoms with Gasteiger partial charge in [0, 0.05) is 35.8 Å². The number of allylic oxidation sites excluding steroid dienone is 3. The van der Waals surface area contributed by atoms with Crippen molar-refractivity contribution in [1.82, 2.24) is 9.55 Å². The minimum Gasteiger partial charge on any atom is -0.383 e. The SMILES string of the molecule is C=CC(F)(F)C1(O)CCC2C3CCC4=CC5(CCC4=C3C(c3ccc(-n4ccnc4)cc3)CC21C)OCCO5. The van der Waals surface area contributed by atoms with Crippen LogP contribution in [0.1, 0.15) is 63.4 Å². The molecule has 39 heavy (non-hydrogen) atoms. The highest BCUT2D eigenvalue weighted by Crippen LogP contribution is 2.69. The van der Waals surface area contributed by atoms with E-state index in [9.17, 15) is 5.11 Å². The van der Waals surface area contributed by atoms with Gasteiger partial charge in [-0.05, 0) is 91.4 Å². The molecule has 1 spiro atoms. The van der Waals surface area contributed by atoms with Crippen molar-refractivity contribution in [3.63, 3.8) is 0 Å². The van der Waals surface area contributed by atoms with Crippen molar-refractivity contribution in [2.24, 2.45) is 17.3 Å². The summed E-state index contributed by atoms with van der Waals surface area (Å²) in [6, 6.07) is 8.39. The maximum absolute atomic E-state index is 15.4. The van der Waals surface area contributed by atoms with Crippen molar-refractivity contribution < 1.29 is 23.4 Å². The van der Waals surface area contributed by atoms with E-state index in [1.165, 1.54) is 16.7 Å². The molecule has 5 atom stereocenters. The highest BCUT2D eigenvalue weighted by atomic mass is 19.3. The molecule has 1 aromatic carbocycles. The van der Waals surface area contributed by atoms with Crippen LogP contribution in [0.3, 0.4) is 0 Å². The van der Waals surface area contributed by atoms with Crippen LogP contribution in [0.5, 0.6) is 0 Å². The van der Waals surface area contributed by atoms with Gasteiger partial charge in [-0.2, -0.15) is 8.78 Å². The molecule has 0 bridgehead atoms. The van der Waals surface area contributed by atoms with E-state index < -0.39 is 22.7 Å². The largest absolute Gasteiger partial charge is 0.383 e. The van der Waals surface area contributed by atoms with Crippen LogP contribution in [0, 0.1) is 17.3 Å². The third kappa shape index (κ3) is 3.55. The molecule has 2 saturated carbocycles. The minimum atomic E-state index is -3.36. The molecule has 4 aliphatic carbocycles. The lowest BCUT2D eigenvalue weighted by atomic mass is 9.50. The van der Waals surface area contributed by atoms with Crippen molar-refractivity contribution in [3.05, 3.63) is 84.0 Å². The highest BCUT2D eigenvalue weighted by molar-refractivity contribution is 5.50. The molecule has 2 aromatic rings. The predicted octanol–water partition coefficient (Wildman–Crippen LogP) is 6.50. The van der Waals surface area contributed by atoms with Gasteiger partial charge in [-0.25, -0.2) is 4.98 Å². The summed E-state index contributed by atoms with van der Waals surface area (Å²) in [7, 11) is 0. The maximum atomic E-state index is 15.4. The second-order valence-corrected chi connectivity index (χ2v) is 12.3. The fourth-order valence-corrected chi connectivity index (χ4v) is 8.79. The van der Waals surface area contributed by atoms with E-state index >= 15 is 8.78 Å². The first-order valence-electron chi connectivity index (χ1n) is 14.3. The Kier molecular flexibility index (Phi) is 5.65. The predicted molar refractivity (Wildman–Crippen MR) is 144 cm³/mol. The first kappa shape index (κ1) is 25.4. The van der Waals surface area contributed by atoms with Gasteiger partial charge in [0.15, 0.2) is 5.79 Å². The average Bonchev–Trinajstić information content (AvgIpc) is 3.69. The van der Waals surface area contributed by atoms with E-state index in [0.717, 1.165) is 36.9 Å². The molecule has 0 radical (unpaired) electrons. The van der Waals surface area contributed by atoms with Crippen molar-refractivity contribution in [3.8, 4) is 5.69 Å². The number of fused-ring (bicyclic) bond motifs is 4. The molecule has 206 valence electrons. The smallest absolute Gasteiger partial charge is 0.294 e. The summed E-state index contributed by atoms with van der Waals surface area (Å²) in [4.78, 5) is 4.15. The summed E-state index contributed by atoms with van der Waals surface area (Å²) < 4.78 is 44.9. The van der Waals surface area contributed by atoms with Crippen molar-refractivity contribution in [1.29, 1.82) is 0 Å². The lowest BCUT2D eigenvalue weighted by Crippen LogP contribution is -2.59. The van der Waals surface area contributed by atoms with Crippen LogP contribution in [-0.2, 0) is 9.47 Å². The number of rotatable bonds is 4. The van der Waals surface area contributed by atoms with E-state index in [-0.39, 0.29) is 24.2 Å². The molecule has 5 aliphatic rings. The van der Waals surface area contributed by atoms with Gasteiger partial charge in [-0.3, -0.25) is 0 Å². The van der Waals surface area contributed by atoms with Crippen LogP contribution >= 0.6 is 0 Å². The van der Waals surface area contributed by atoms with Gasteiger partial charge < -0.3 is 19.1 Å². The number of ether oxygens (including phenoxy) is 2. The van der Waals surface area contributed by atoms with E-state index in [1.807, 2.05) is 17.7 Å². The minimum absolute atomic E-state index is 0.00582. The Morgan fingerprint density at radius 2 is 1.90 bits per heavy atom. The first-order chi connectivity index (χ1) is 18.7. The molecular weight excluding hydrogens is 498 g/mol. The van der Waals surface area contributed by atoms with Crippen molar-refractivity contribution >= 4 is 0 Å². The van der Waals surface area contributed by atoms with E-state index in [1.54, 1.807) is 12.5 Å². The zero-order chi connectivity index (χ0) is 27.0. The zero-order valence-electron chi connectivity index (χ0n) is 22.4. The molecule has 5 unspecified atom stereocenters. The summed E-state index contributed by atoms with van der Waals surface area (Å²) in [6.07, 6.45) is 12.8. The monoisotopic (exact) mass is 534 g/mol. The normalized spacial score (nSPS) is 35.4. The third-order valence-corrected chi connectivity index (χ3v) is 10.7. The average molecular weight is 535 g/mol. The zero-order valence-corrected chi connectivity index (χ0v) is 22.4. The topological polar surface area (TPSA) is 56.5 Å². The molecule has 1 N–H and O–H groups in total. The van der Waals surface area contributed by atoms with Gasteiger partial charge in [-0.1, -0.05) is 31.2 Å². The number of halogens is 2. The lowest BCUT2D eigenvalue weighted by Gasteiger charge is -2.56. The van der Waals surface area contributed by atoms with Crippen LogP contribution in [0.4, 0.5) is 8.78 Å². The lowest BCUT2D eigenvalue weighted by molar-refractivity contribution is -0.213.